The molecule has 1 unspecified atom stereocenters. The van der Waals surface area contributed by atoms with E-state index >= 15 is 0 Å². The van der Waals surface area contributed by atoms with Crippen LogP contribution < -0.4 is 5.43 Å². The molecule has 0 bridgehead atoms. The first kappa shape index (κ1) is 14.5. The maximum atomic E-state index is 5.91. The number of hydrogen-bond donors (Lipinski definition) is 1. The second kappa shape index (κ2) is 6.58. The van der Waals surface area contributed by atoms with Gasteiger partial charge in [-0.1, -0.05) is 37.1 Å². The Hall–Kier alpha value is -1.39. The summed E-state index contributed by atoms with van der Waals surface area (Å²) in [6.07, 6.45) is 4.91. The summed E-state index contributed by atoms with van der Waals surface area (Å²) >= 11 is 7.48. The molecule has 1 aromatic carbocycles. The molecular formula is C16H18ClN3S. The molecule has 110 valence electrons. The Morgan fingerprint density at radius 1 is 1.29 bits per heavy atom. The average molecular weight is 320 g/mol. The van der Waals surface area contributed by atoms with Crippen LogP contribution in [-0.2, 0) is 0 Å². The van der Waals surface area contributed by atoms with Gasteiger partial charge >= 0.3 is 0 Å². The number of halogens is 1. The molecule has 1 heterocycles. The van der Waals surface area contributed by atoms with Crippen LogP contribution in [0.1, 0.15) is 32.6 Å². The summed E-state index contributed by atoms with van der Waals surface area (Å²) in [4.78, 5) is 4.58. The molecule has 0 spiro atoms. The lowest BCUT2D eigenvalue weighted by Gasteiger charge is -2.19. The summed E-state index contributed by atoms with van der Waals surface area (Å²) in [5.41, 5.74) is 6.41. The van der Waals surface area contributed by atoms with Crippen LogP contribution in [0.25, 0.3) is 11.3 Å². The molecule has 1 saturated carbocycles. The third-order valence-electron chi connectivity index (χ3n) is 3.83. The van der Waals surface area contributed by atoms with E-state index in [1.807, 2.05) is 29.6 Å². The Morgan fingerprint density at radius 2 is 2.10 bits per heavy atom. The third-order valence-corrected chi connectivity index (χ3v) is 4.83. The van der Waals surface area contributed by atoms with Crippen molar-refractivity contribution in [3.05, 3.63) is 34.7 Å². The molecule has 1 aliphatic rings. The van der Waals surface area contributed by atoms with Crippen LogP contribution in [-0.4, -0.2) is 10.7 Å². The summed E-state index contributed by atoms with van der Waals surface area (Å²) in [7, 11) is 0. The van der Waals surface area contributed by atoms with Crippen LogP contribution in [0.4, 0.5) is 5.13 Å². The van der Waals surface area contributed by atoms with Gasteiger partial charge in [0.1, 0.15) is 0 Å². The lowest BCUT2D eigenvalue weighted by molar-refractivity contribution is 0.558. The molecular weight excluding hydrogens is 302 g/mol. The van der Waals surface area contributed by atoms with Crippen LogP contribution in [0.2, 0.25) is 5.02 Å². The molecule has 3 nitrogen and oxygen atoms in total. The molecule has 0 saturated heterocycles. The molecule has 0 aliphatic heterocycles. The van der Waals surface area contributed by atoms with Crippen LogP contribution in [0.15, 0.2) is 34.7 Å². The SMILES string of the molecule is CC1CCCC/C1=N/Nc1nc(-c2ccc(Cl)cc2)cs1. The van der Waals surface area contributed by atoms with Gasteiger partial charge in [0.15, 0.2) is 0 Å². The zero-order valence-electron chi connectivity index (χ0n) is 12.0. The lowest BCUT2D eigenvalue weighted by atomic mass is 9.89. The van der Waals surface area contributed by atoms with Crippen molar-refractivity contribution in [2.24, 2.45) is 11.0 Å². The van der Waals surface area contributed by atoms with E-state index in [-0.39, 0.29) is 0 Å². The number of thiazole rings is 1. The lowest BCUT2D eigenvalue weighted by Crippen LogP contribution is -2.17. The molecule has 2 aromatic rings. The number of nitrogens with zero attached hydrogens (tertiary/aromatic N) is 2. The minimum atomic E-state index is 0.585. The number of hydrazone groups is 1. The number of rotatable bonds is 3. The Kier molecular flexibility index (Phi) is 4.56. The van der Waals surface area contributed by atoms with E-state index in [0.29, 0.717) is 5.92 Å². The highest BCUT2D eigenvalue weighted by atomic mass is 35.5. The molecule has 5 heteroatoms. The van der Waals surface area contributed by atoms with Crippen LogP contribution in [0, 0.1) is 5.92 Å². The topological polar surface area (TPSA) is 37.3 Å². The predicted molar refractivity (Wildman–Crippen MR) is 91.2 cm³/mol. The van der Waals surface area contributed by atoms with Gasteiger partial charge in [-0.05, 0) is 37.3 Å². The maximum absolute atomic E-state index is 5.91. The zero-order valence-corrected chi connectivity index (χ0v) is 13.5. The van der Waals surface area contributed by atoms with Crippen molar-refractivity contribution in [2.45, 2.75) is 32.6 Å². The van der Waals surface area contributed by atoms with Crippen LogP contribution in [0.5, 0.6) is 0 Å². The second-order valence-electron chi connectivity index (χ2n) is 5.41. The molecule has 1 atom stereocenters. The average Bonchev–Trinajstić information content (AvgIpc) is 2.96. The van der Waals surface area contributed by atoms with Crippen molar-refractivity contribution in [3.8, 4) is 11.3 Å². The molecule has 0 amide bonds. The zero-order chi connectivity index (χ0) is 14.7. The molecule has 1 fully saturated rings. The molecule has 3 rings (SSSR count). The standard InChI is InChI=1S/C16H18ClN3S/c1-11-4-2-3-5-14(11)19-20-16-18-15(10-21-16)12-6-8-13(17)9-7-12/h6-11H,2-5H2,1H3,(H,18,20)/b19-14-. The minimum absolute atomic E-state index is 0.585. The summed E-state index contributed by atoms with van der Waals surface area (Å²) < 4.78 is 0. The highest BCUT2D eigenvalue weighted by Gasteiger charge is 2.15. The Labute approximate surface area is 134 Å². The molecule has 0 radical (unpaired) electrons. The number of nitrogens with one attached hydrogen (secondary N) is 1. The Bertz CT molecular complexity index is 633. The Morgan fingerprint density at radius 3 is 2.86 bits per heavy atom. The van der Waals surface area contributed by atoms with Gasteiger partial charge in [0.25, 0.3) is 0 Å². The first-order valence-electron chi connectivity index (χ1n) is 7.26. The first-order valence-corrected chi connectivity index (χ1v) is 8.52. The van der Waals surface area contributed by atoms with Crippen molar-refractivity contribution in [2.75, 3.05) is 5.43 Å². The second-order valence-corrected chi connectivity index (χ2v) is 6.70. The quantitative estimate of drug-likeness (QED) is 0.765. The van der Waals surface area contributed by atoms with Crippen LogP contribution >= 0.6 is 22.9 Å². The normalized spacial score (nSPS) is 20.7. The van der Waals surface area contributed by atoms with E-state index in [0.717, 1.165) is 27.8 Å². The first-order chi connectivity index (χ1) is 10.2. The smallest absolute Gasteiger partial charge is 0.203 e. The fourth-order valence-electron chi connectivity index (χ4n) is 2.53. The van der Waals surface area contributed by atoms with Gasteiger partial charge in [0.2, 0.25) is 5.13 Å². The summed E-state index contributed by atoms with van der Waals surface area (Å²) in [5.74, 6) is 0.585. The Balaban J connectivity index is 1.70. The number of hydrogen-bond acceptors (Lipinski definition) is 4. The molecule has 1 aromatic heterocycles. The van der Waals surface area contributed by atoms with Gasteiger partial charge in [-0.2, -0.15) is 5.10 Å². The van der Waals surface area contributed by atoms with Gasteiger partial charge < -0.3 is 0 Å². The number of benzene rings is 1. The van der Waals surface area contributed by atoms with E-state index in [4.69, 9.17) is 11.6 Å². The largest absolute Gasteiger partial charge is 0.253 e. The minimum Gasteiger partial charge on any atom is -0.253 e. The summed E-state index contributed by atoms with van der Waals surface area (Å²) in [6, 6.07) is 7.73. The van der Waals surface area contributed by atoms with Crippen LogP contribution in [0.3, 0.4) is 0 Å². The van der Waals surface area contributed by atoms with E-state index in [9.17, 15) is 0 Å². The van der Waals surface area contributed by atoms with Gasteiger partial charge in [-0.15, -0.1) is 11.3 Å². The third kappa shape index (κ3) is 3.63. The fourth-order valence-corrected chi connectivity index (χ4v) is 3.32. The molecule has 21 heavy (non-hydrogen) atoms. The summed E-state index contributed by atoms with van der Waals surface area (Å²) in [6.45, 7) is 2.25. The monoisotopic (exact) mass is 319 g/mol. The summed E-state index contributed by atoms with van der Waals surface area (Å²) in [5, 5.41) is 8.17. The highest BCUT2D eigenvalue weighted by Crippen LogP contribution is 2.27. The molecule has 1 N–H and O–H groups in total. The maximum Gasteiger partial charge on any atom is 0.203 e. The number of aromatic nitrogens is 1. The van der Waals surface area contributed by atoms with E-state index < -0.39 is 0 Å². The van der Waals surface area contributed by atoms with Gasteiger partial charge in [-0.3, -0.25) is 5.43 Å². The van der Waals surface area contributed by atoms with Gasteiger partial charge in [-0.25, -0.2) is 4.98 Å². The highest BCUT2D eigenvalue weighted by molar-refractivity contribution is 7.14. The van der Waals surface area contributed by atoms with E-state index in [1.165, 1.54) is 25.0 Å². The van der Waals surface area contributed by atoms with Gasteiger partial charge in [0.05, 0.1) is 5.69 Å². The van der Waals surface area contributed by atoms with Crippen molar-refractivity contribution in [1.29, 1.82) is 0 Å². The van der Waals surface area contributed by atoms with Crippen molar-refractivity contribution < 1.29 is 0 Å². The van der Waals surface area contributed by atoms with Crippen molar-refractivity contribution in [1.82, 2.24) is 4.98 Å². The fraction of sp³-hybridized carbons (Fsp3) is 0.375. The van der Waals surface area contributed by atoms with Gasteiger partial charge in [0, 0.05) is 21.7 Å². The predicted octanol–water partition coefficient (Wildman–Crippen LogP) is 5.44. The molecule has 1 aliphatic carbocycles. The van der Waals surface area contributed by atoms with E-state index in [1.54, 1.807) is 11.3 Å². The number of anilines is 1. The van der Waals surface area contributed by atoms with E-state index in [2.05, 4.69) is 22.4 Å². The van der Waals surface area contributed by atoms with Crippen molar-refractivity contribution >= 4 is 33.8 Å². The van der Waals surface area contributed by atoms with Crippen molar-refractivity contribution in [3.63, 3.8) is 0 Å².